The highest BCUT2D eigenvalue weighted by Gasteiger charge is 2.39. The number of rotatable bonds is 5. The Morgan fingerprint density at radius 3 is 2.88 bits per heavy atom. The van der Waals surface area contributed by atoms with Crippen LogP contribution in [0, 0.1) is 16.7 Å². The molecule has 0 aliphatic carbocycles. The highest BCUT2D eigenvalue weighted by molar-refractivity contribution is 9.10. The largest absolute Gasteiger partial charge is 0.378 e. The standard InChI is InChI=1S/C12H15BrN2OS/c1-15(7-12(6-14)8-16-9-12)3-2-11-4-10(13)5-17-11/h4-5H,2-3,7-9H2,1H3. The first-order valence-electron chi connectivity index (χ1n) is 5.54. The third-order valence-corrected chi connectivity index (χ3v) is 4.69. The molecule has 0 amide bonds. The molecule has 0 bridgehead atoms. The quantitative estimate of drug-likeness (QED) is 0.838. The molecule has 1 aromatic rings. The third kappa shape index (κ3) is 3.29. The second kappa shape index (κ2) is 5.49. The molecule has 17 heavy (non-hydrogen) atoms. The van der Waals surface area contributed by atoms with Gasteiger partial charge in [-0.25, -0.2) is 0 Å². The minimum Gasteiger partial charge on any atom is -0.378 e. The summed E-state index contributed by atoms with van der Waals surface area (Å²) in [7, 11) is 2.07. The number of likely N-dealkylation sites (N-methyl/N-ethyl adjacent to an activating group) is 1. The summed E-state index contributed by atoms with van der Waals surface area (Å²) in [5.41, 5.74) is -0.259. The summed E-state index contributed by atoms with van der Waals surface area (Å²) in [6, 6.07) is 4.53. The van der Waals surface area contributed by atoms with Crippen LogP contribution in [0.5, 0.6) is 0 Å². The number of nitrogens with zero attached hydrogens (tertiary/aromatic N) is 2. The van der Waals surface area contributed by atoms with Crippen LogP contribution in [0.4, 0.5) is 0 Å². The molecule has 1 aromatic heterocycles. The predicted octanol–water partition coefficient (Wildman–Crippen LogP) is 2.53. The Bertz CT molecular complexity index is 422. The van der Waals surface area contributed by atoms with Crippen LogP contribution in [0.1, 0.15) is 4.88 Å². The Morgan fingerprint density at radius 2 is 2.41 bits per heavy atom. The minimum atomic E-state index is -0.259. The first-order valence-corrected chi connectivity index (χ1v) is 7.21. The Morgan fingerprint density at radius 1 is 1.65 bits per heavy atom. The molecule has 0 radical (unpaired) electrons. The Hall–Kier alpha value is -0.410. The van der Waals surface area contributed by atoms with Gasteiger partial charge in [-0.2, -0.15) is 5.26 Å². The molecular weight excluding hydrogens is 300 g/mol. The van der Waals surface area contributed by atoms with Gasteiger partial charge >= 0.3 is 0 Å². The van der Waals surface area contributed by atoms with E-state index in [1.54, 1.807) is 11.3 Å². The monoisotopic (exact) mass is 314 g/mol. The van der Waals surface area contributed by atoms with Crippen LogP contribution in [-0.4, -0.2) is 38.3 Å². The van der Waals surface area contributed by atoms with E-state index in [4.69, 9.17) is 10.00 Å². The average Bonchev–Trinajstić information content (AvgIpc) is 2.67. The predicted molar refractivity (Wildman–Crippen MR) is 72.1 cm³/mol. The van der Waals surface area contributed by atoms with E-state index in [1.807, 2.05) is 0 Å². The molecule has 0 aromatic carbocycles. The van der Waals surface area contributed by atoms with Crippen LogP contribution < -0.4 is 0 Å². The highest BCUT2D eigenvalue weighted by Crippen LogP contribution is 2.27. The molecule has 0 atom stereocenters. The molecule has 1 saturated heterocycles. The fraction of sp³-hybridized carbons (Fsp3) is 0.583. The SMILES string of the molecule is CN(CCc1cc(Br)cs1)CC1(C#N)COC1. The Labute approximate surface area is 114 Å². The van der Waals surface area contributed by atoms with Gasteiger partial charge in [-0.05, 0) is 35.5 Å². The summed E-state index contributed by atoms with van der Waals surface area (Å²) in [6.45, 7) is 2.95. The lowest BCUT2D eigenvalue weighted by atomic mass is 9.87. The van der Waals surface area contributed by atoms with Gasteiger partial charge in [0.1, 0.15) is 5.41 Å². The van der Waals surface area contributed by atoms with Gasteiger partial charge in [-0.15, -0.1) is 11.3 Å². The zero-order valence-corrected chi connectivity index (χ0v) is 12.2. The number of thiophene rings is 1. The maximum absolute atomic E-state index is 9.11. The van der Waals surface area contributed by atoms with E-state index in [1.165, 1.54) is 4.88 Å². The van der Waals surface area contributed by atoms with Crippen molar-refractivity contribution >= 4 is 27.3 Å². The van der Waals surface area contributed by atoms with E-state index in [9.17, 15) is 0 Å². The summed E-state index contributed by atoms with van der Waals surface area (Å²) in [4.78, 5) is 3.60. The second-order valence-electron chi connectivity index (χ2n) is 4.60. The lowest BCUT2D eigenvalue weighted by Crippen LogP contribution is -2.49. The first-order chi connectivity index (χ1) is 8.13. The zero-order valence-electron chi connectivity index (χ0n) is 9.78. The van der Waals surface area contributed by atoms with Crippen LogP contribution in [0.15, 0.2) is 15.9 Å². The average molecular weight is 315 g/mol. The fourth-order valence-electron chi connectivity index (χ4n) is 1.92. The van der Waals surface area contributed by atoms with E-state index in [0.29, 0.717) is 13.2 Å². The molecule has 2 heterocycles. The fourth-order valence-corrected chi connectivity index (χ4v) is 3.37. The molecule has 0 spiro atoms. The lowest BCUT2D eigenvalue weighted by molar-refractivity contribution is -0.0886. The third-order valence-electron chi connectivity index (χ3n) is 2.93. The van der Waals surface area contributed by atoms with Crippen LogP contribution >= 0.6 is 27.3 Å². The van der Waals surface area contributed by atoms with Crippen molar-refractivity contribution in [2.75, 3.05) is 33.4 Å². The molecule has 92 valence electrons. The van der Waals surface area contributed by atoms with E-state index < -0.39 is 0 Å². The van der Waals surface area contributed by atoms with E-state index in [2.05, 4.69) is 45.4 Å². The molecule has 1 aliphatic rings. The second-order valence-corrected chi connectivity index (χ2v) is 6.52. The van der Waals surface area contributed by atoms with Gasteiger partial charge in [-0.1, -0.05) is 0 Å². The number of hydrogen-bond donors (Lipinski definition) is 0. The molecule has 2 rings (SSSR count). The number of halogens is 1. The molecule has 1 aliphatic heterocycles. The van der Waals surface area contributed by atoms with Gasteiger partial charge in [0.25, 0.3) is 0 Å². The van der Waals surface area contributed by atoms with Crippen molar-refractivity contribution in [1.82, 2.24) is 4.90 Å². The zero-order chi connectivity index (χ0) is 12.3. The number of nitriles is 1. The van der Waals surface area contributed by atoms with Crippen molar-refractivity contribution in [3.8, 4) is 6.07 Å². The van der Waals surface area contributed by atoms with E-state index in [-0.39, 0.29) is 5.41 Å². The van der Waals surface area contributed by atoms with Crippen LogP contribution in [0.3, 0.4) is 0 Å². The normalized spacial score (nSPS) is 17.8. The molecule has 3 nitrogen and oxygen atoms in total. The maximum Gasteiger partial charge on any atom is 0.116 e. The Balaban J connectivity index is 1.78. The summed E-state index contributed by atoms with van der Waals surface area (Å²) in [5, 5.41) is 11.2. The van der Waals surface area contributed by atoms with Crippen LogP contribution in [0.25, 0.3) is 0 Å². The van der Waals surface area contributed by atoms with Crippen LogP contribution in [-0.2, 0) is 11.2 Å². The van der Waals surface area contributed by atoms with Gasteiger partial charge in [-0.3, -0.25) is 0 Å². The van der Waals surface area contributed by atoms with E-state index in [0.717, 1.165) is 24.0 Å². The van der Waals surface area contributed by atoms with E-state index >= 15 is 0 Å². The maximum atomic E-state index is 9.11. The molecule has 0 saturated carbocycles. The van der Waals surface area contributed by atoms with Gasteiger partial charge in [0.05, 0.1) is 19.3 Å². The summed E-state index contributed by atoms with van der Waals surface area (Å²) < 4.78 is 6.30. The topological polar surface area (TPSA) is 36.3 Å². The van der Waals surface area contributed by atoms with Crippen molar-refractivity contribution < 1.29 is 4.74 Å². The lowest BCUT2D eigenvalue weighted by Gasteiger charge is -2.37. The summed E-state index contributed by atoms with van der Waals surface area (Å²) in [6.07, 6.45) is 1.04. The highest BCUT2D eigenvalue weighted by atomic mass is 79.9. The molecule has 5 heteroatoms. The molecular formula is C12H15BrN2OS. The molecule has 1 fully saturated rings. The number of ether oxygens (including phenoxy) is 1. The van der Waals surface area contributed by atoms with Crippen molar-refractivity contribution in [2.45, 2.75) is 6.42 Å². The minimum absolute atomic E-state index is 0.259. The Kier molecular flexibility index (Phi) is 4.21. The summed E-state index contributed by atoms with van der Waals surface area (Å²) >= 11 is 5.23. The molecule has 0 N–H and O–H groups in total. The molecule has 0 unspecified atom stereocenters. The van der Waals surface area contributed by atoms with Crippen molar-refractivity contribution in [3.05, 3.63) is 20.8 Å². The van der Waals surface area contributed by atoms with Crippen molar-refractivity contribution in [1.29, 1.82) is 5.26 Å². The number of hydrogen-bond acceptors (Lipinski definition) is 4. The van der Waals surface area contributed by atoms with Crippen molar-refractivity contribution in [3.63, 3.8) is 0 Å². The van der Waals surface area contributed by atoms with Gasteiger partial charge in [0.2, 0.25) is 0 Å². The van der Waals surface area contributed by atoms with Crippen molar-refractivity contribution in [2.24, 2.45) is 5.41 Å². The van der Waals surface area contributed by atoms with Crippen LogP contribution in [0.2, 0.25) is 0 Å². The summed E-state index contributed by atoms with van der Waals surface area (Å²) in [5.74, 6) is 0. The van der Waals surface area contributed by atoms with Gasteiger partial charge in [0, 0.05) is 27.8 Å². The first kappa shape index (κ1) is 13.0. The van der Waals surface area contributed by atoms with Gasteiger partial charge in [0.15, 0.2) is 0 Å². The van der Waals surface area contributed by atoms with Gasteiger partial charge < -0.3 is 9.64 Å². The smallest absolute Gasteiger partial charge is 0.116 e.